The minimum absolute atomic E-state index is 0.0445. The topological polar surface area (TPSA) is 114 Å². The van der Waals surface area contributed by atoms with Crippen LogP contribution in [0.5, 0.6) is 0 Å². The lowest BCUT2D eigenvalue weighted by atomic mass is 10.0. The standard InChI is InChI=1S/C18H29N3O4/c1-12(2)9-15(17(23)20-13(3)16(22)10-19)21-18(24)25-11-14-7-5-4-6-8-14/h4-8,12-13,15-16,22H,9-11,19H2,1-3H3,(H,20,23)(H,21,24)/t13-,15-,16?/m0/s1. The van der Waals surface area contributed by atoms with Gasteiger partial charge in [0.05, 0.1) is 12.1 Å². The number of nitrogens with one attached hydrogen (secondary N) is 2. The first-order valence-electron chi connectivity index (χ1n) is 8.49. The average molecular weight is 351 g/mol. The van der Waals surface area contributed by atoms with Gasteiger partial charge in [-0.05, 0) is 24.8 Å². The zero-order valence-electron chi connectivity index (χ0n) is 15.1. The van der Waals surface area contributed by atoms with Gasteiger partial charge >= 0.3 is 6.09 Å². The molecule has 0 spiro atoms. The molecule has 5 N–H and O–H groups in total. The molecule has 1 rings (SSSR count). The summed E-state index contributed by atoms with van der Waals surface area (Å²) in [6, 6.07) is 8.04. The lowest BCUT2D eigenvalue weighted by Gasteiger charge is -2.24. The molecule has 0 bridgehead atoms. The number of amides is 2. The van der Waals surface area contributed by atoms with Gasteiger partial charge in [-0.15, -0.1) is 0 Å². The van der Waals surface area contributed by atoms with Gasteiger partial charge in [-0.3, -0.25) is 4.79 Å². The third-order valence-electron chi connectivity index (χ3n) is 3.72. The van der Waals surface area contributed by atoms with E-state index in [1.54, 1.807) is 6.92 Å². The van der Waals surface area contributed by atoms with Crippen molar-refractivity contribution in [3.63, 3.8) is 0 Å². The molecule has 0 aromatic heterocycles. The highest BCUT2D eigenvalue weighted by molar-refractivity contribution is 5.85. The Hall–Kier alpha value is -2.12. The van der Waals surface area contributed by atoms with E-state index in [2.05, 4.69) is 10.6 Å². The number of carbonyl (C=O) groups excluding carboxylic acids is 2. The van der Waals surface area contributed by atoms with Crippen molar-refractivity contribution in [3.05, 3.63) is 35.9 Å². The fraction of sp³-hybridized carbons (Fsp3) is 0.556. The number of nitrogens with two attached hydrogens (primary N) is 1. The average Bonchev–Trinajstić information content (AvgIpc) is 2.59. The normalized spacial score (nSPS) is 14.5. The van der Waals surface area contributed by atoms with Gasteiger partial charge < -0.3 is 26.2 Å². The molecule has 1 unspecified atom stereocenters. The van der Waals surface area contributed by atoms with Crippen LogP contribution in [0.4, 0.5) is 4.79 Å². The summed E-state index contributed by atoms with van der Waals surface area (Å²) < 4.78 is 5.16. The van der Waals surface area contributed by atoms with Gasteiger partial charge in [0.15, 0.2) is 0 Å². The zero-order chi connectivity index (χ0) is 18.8. The van der Waals surface area contributed by atoms with Crippen LogP contribution in [0.25, 0.3) is 0 Å². The number of ether oxygens (including phenoxy) is 1. The number of carbonyl (C=O) groups is 2. The van der Waals surface area contributed by atoms with Crippen LogP contribution in [-0.2, 0) is 16.1 Å². The minimum Gasteiger partial charge on any atom is -0.445 e. The molecule has 3 atom stereocenters. The van der Waals surface area contributed by atoms with Crippen molar-refractivity contribution in [1.82, 2.24) is 10.6 Å². The van der Waals surface area contributed by atoms with Crippen LogP contribution >= 0.6 is 0 Å². The van der Waals surface area contributed by atoms with Crippen LogP contribution in [0, 0.1) is 5.92 Å². The Morgan fingerprint density at radius 2 is 1.80 bits per heavy atom. The molecule has 0 fully saturated rings. The number of hydrogen-bond acceptors (Lipinski definition) is 5. The highest BCUT2D eigenvalue weighted by Gasteiger charge is 2.25. The van der Waals surface area contributed by atoms with E-state index in [9.17, 15) is 14.7 Å². The first-order chi connectivity index (χ1) is 11.8. The summed E-state index contributed by atoms with van der Waals surface area (Å²) in [7, 11) is 0. The summed E-state index contributed by atoms with van der Waals surface area (Å²) in [5.41, 5.74) is 6.25. The van der Waals surface area contributed by atoms with Crippen LogP contribution in [0.1, 0.15) is 32.8 Å². The van der Waals surface area contributed by atoms with Crippen LogP contribution in [0.2, 0.25) is 0 Å². The van der Waals surface area contributed by atoms with Gasteiger partial charge in [0, 0.05) is 6.54 Å². The van der Waals surface area contributed by atoms with Gasteiger partial charge in [0.2, 0.25) is 5.91 Å². The third kappa shape index (κ3) is 8.00. The second-order valence-corrected chi connectivity index (χ2v) is 6.49. The van der Waals surface area contributed by atoms with Crippen molar-refractivity contribution in [1.29, 1.82) is 0 Å². The summed E-state index contributed by atoms with van der Waals surface area (Å²) in [4.78, 5) is 24.4. The van der Waals surface area contributed by atoms with Crippen molar-refractivity contribution in [2.24, 2.45) is 11.7 Å². The molecule has 7 heteroatoms. The van der Waals surface area contributed by atoms with Crippen molar-refractivity contribution < 1.29 is 19.4 Å². The third-order valence-corrected chi connectivity index (χ3v) is 3.72. The van der Waals surface area contributed by atoms with E-state index in [0.717, 1.165) is 5.56 Å². The molecule has 7 nitrogen and oxygen atoms in total. The molecule has 140 valence electrons. The van der Waals surface area contributed by atoms with Crippen molar-refractivity contribution in [2.45, 2.75) is 52.0 Å². The second-order valence-electron chi connectivity index (χ2n) is 6.49. The van der Waals surface area contributed by atoms with Gasteiger partial charge in [-0.2, -0.15) is 0 Å². The summed E-state index contributed by atoms with van der Waals surface area (Å²) in [5, 5.41) is 14.9. The number of benzene rings is 1. The Kier molecular flexibility index (Phi) is 8.94. The number of hydrogen-bond donors (Lipinski definition) is 4. The minimum atomic E-state index is -0.839. The Balaban J connectivity index is 2.58. The fourth-order valence-electron chi connectivity index (χ4n) is 2.24. The first-order valence-corrected chi connectivity index (χ1v) is 8.49. The first kappa shape index (κ1) is 20.9. The predicted octanol–water partition coefficient (Wildman–Crippen LogP) is 1.15. The largest absolute Gasteiger partial charge is 0.445 e. The van der Waals surface area contributed by atoms with Crippen molar-refractivity contribution in [2.75, 3.05) is 6.54 Å². The maximum Gasteiger partial charge on any atom is 0.408 e. The highest BCUT2D eigenvalue weighted by atomic mass is 16.5. The summed E-state index contributed by atoms with van der Waals surface area (Å²) in [6.07, 6.45) is -1.04. The molecule has 1 aromatic carbocycles. The maximum atomic E-state index is 12.4. The summed E-state index contributed by atoms with van der Waals surface area (Å²) in [5.74, 6) is -0.176. The van der Waals surface area contributed by atoms with Crippen molar-refractivity contribution >= 4 is 12.0 Å². The molecule has 0 heterocycles. The predicted molar refractivity (Wildman–Crippen MR) is 95.7 cm³/mol. The Bertz CT molecular complexity index is 536. The molecule has 1 aromatic rings. The zero-order valence-corrected chi connectivity index (χ0v) is 15.1. The van der Waals surface area contributed by atoms with Gasteiger partial charge in [0.1, 0.15) is 12.6 Å². The fourth-order valence-corrected chi connectivity index (χ4v) is 2.24. The van der Waals surface area contributed by atoms with Gasteiger partial charge in [-0.25, -0.2) is 4.79 Å². The monoisotopic (exact) mass is 351 g/mol. The van der Waals surface area contributed by atoms with Gasteiger partial charge in [0.25, 0.3) is 0 Å². The Morgan fingerprint density at radius 1 is 1.16 bits per heavy atom. The molecule has 0 aliphatic heterocycles. The van der Waals surface area contributed by atoms with Crippen LogP contribution in [0.3, 0.4) is 0 Å². The van der Waals surface area contributed by atoms with E-state index in [4.69, 9.17) is 10.5 Å². The molecule has 2 amide bonds. The maximum absolute atomic E-state index is 12.4. The van der Waals surface area contributed by atoms with E-state index in [-0.39, 0.29) is 25.0 Å². The second kappa shape index (κ2) is 10.7. The molecule has 0 aliphatic carbocycles. The van der Waals surface area contributed by atoms with Crippen molar-refractivity contribution in [3.8, 4) is 0 Å². The van der Waals surface area contributed by atoms with E-state index < -0.39 is 24.3 Å². The molecule has 25 heavy (non-hydrogen) atoms. The molecule has 0 aliphatic rings. The quantitative estimate of drug-likeness (QED) is 0.533. The number of alkyl carbamates (subject to hydrolysis) is 1. The lowest BCUT2D eigenvalue weighted by molar-refractivity contribution is -0.124. The van der Waals surface area contributed by atoms with Crippen LogP contribution in [-0.4, -0.2) is 41.8 Å². The SMILES string of the molecule is CC(C)C[C@H](NC(=O)OCc1ccccc1)C(=O)N[C@@H](C)C(O)CN. The number of aliphatic hydroxyl groups is 1. The highest BCUT2D eigenvalue weighted by Crippen LogP contribution is 2.07. The lowest BCUT2D eigenvalue weighted by Crippen LogP contribution is -2.53. The van der Waals surface area contributed by atoms with Gasteiger partial charge in [-0.1, -0.05) is 44.2 Å². The number of rotatable bonds is 9. The van der Waals surface area contributed by atoms with Crippen LogP contribution in [0.15, 0.2) is 30.3 Å². The smallest absolute Gasteiger partial charge is 0.408 e. The molecular weight excluding hydrogens is 322 g/mol. The van der Waals surface area contributed by atoms with E-state index in [0.29, 0.717) is 6.42 Å². The molecule has 0 saturated carbocycles. The summed E-state index contributed by atoms with van der Waals surface area (Å²) in [6.45, 7) is 5.74. The van der Waals surface area contributed by atoms with E-state index in [1.165, 1.54) is 0 Å². The number of aliphatic hydroxyl groups excluding tert-OH is 1. The molecule has 0 saturated heterocycles. The van der Waals surface area contributed by atoms with E-state index >= 15 is 0 Å². The summed E-state index contributed by atoms with van der Waals surface area (Å²) >= 11 is 0. The Labute approximate surface area is 148 Å². The van der Waals surface area contributed by atoms with Crippen LogP contribution < -0.4 is 16.4 Å². The molecule has 0 radical (unpaired) electrons. The molecular formula is C18H29N3O4. The Morgan fingerprint density at radius 3 is 2.36 bits per heavy atom. The van der Waals surface area contributed by atoms with E-state index in [1.807, 2.05) is 44.2 Å².